The number of carbonyl (C=O) groups excluding carboxylic acids is 2. The van der Waals surface area contributed by atoms with Gasteiger partial charge in [0.25, 0.3) is 0 Å². The van der Waals surface area contributed by atoms with Gasteiger partial charge in [-0.25, -0.2) is 0 Å². The SMILES string of the molecule is CCC(=O)Oc1ccc2c(c1)CCCC2=O. The third-order valence-corrected chi connectivity index (χ3v) is 2.75. The molecule has 84 valence electrons. The molecule has 3 heteroatoms. The second-order valence-electron chi connectivity index (χ2n) is 3.92. The summed E-state index contributed by atoms with van der Waals surface area (Å²) >= 11 is 0. The normalized spacial score (nSPS) is 14.4. The molecule has 16 heavy (non-hydrogen) atoms. The maximum Gasteiger partial charge on any atom is 0.310 e. The highest BCUT2D eigenvalue weighted by molar-refractivity contribution is 5.98. The molecule has 0 atom stereocenters. The first-order valence-corrected chi connectivity index (χ1v) is 5.57. The van der Waals surface area contributed by atoms with Gasteiger partial charge < -0.3 is 4.74 Å². The molecule has 1 aromatic rings. The molecule has 0 fully saturated rings. The number of carbonyl (C=O) groups is 2. The predicted molar refractivity (Wildman–Crippen MR) is 59.6 cm³/mol. The average Bonchev–Trinajstić information content (AvgIpc) is 2.29. The van der Waals surface area contributed by atoms with E-state index in [0.29, 0.717) is 18.6 Å². The Balaban J connectivity index is 2.25. The number of rotatable bonds is 2. The molecule has 0 unspecified atom stereocenters. The minimum Gasteiger partial charge on any atom is -0.427 e. The van der Waals surface area contributed by atoms with Gasteiger partial charge >= 0.3 is 5.97 Å². The Morgan fingerprint density at radius 3 is 2.94 bits per heavy atom. The molecular weight excluding hydrogens is 204 g/mol. The molecule has 0 aromatic heterocycles. The number of hydrogen-bond donors (Lipinski definition) is 0. The van der Waals surface area contributed by atoms with E-state index < -0.39 is 0 Å². The quantitative estimate of drug-likeness (QED) is 0.566. The lowest BCUT2D eigenvalue weighted by Gasteiger charge is -2.15. The lowest BCUT2D eigenvalue weighted by atomic mass is 9.90. The fourth-order valence-electron chi connectivity index (χ4n) is 1.89. The second kappa shape index (κ2) is 4.47. The van der Waals surface area contributed by atoms with E-state index in [0.717, 1.165) is 24.0 Å². The lowest BCUT2D eigenvalue weighted by Crippen LogP contribution is -2.12. The largest absolute Gasteiger partial charge is 0.427 e. The van der Waals surface area contributed by atoms with Crippen molar-refractivity contribution in [3.8, 4) is 5.75 Å². The molecule has 3 nitrogen and oxygen atoms in total. The molecule has 0 bridgehead atoms. The molecule has 0 saturated heterocycles. The van der Waals surface area contributed by atoms with Crippen molar-refractivity contribution in [2.45, 2.75) is 32.6 Å². The Kier molecular flexibility index (Phi) is 3.04. The van der Waals surface area contributed by atoms with Crippen LogP contribution in [0.25, 0.3) is 0 Å². The fourth-order valence-corrected chi connectivity index (χ4v) is 1.89. The van der Waals surface area contributed by atoms with Crippen LogP contribution in [0.1, 0.15) is 42.1 Å². The fraction of sp³-hybridized carbons (Fsp3) is 0.385. The van der Waals surface area contributed by atoms with Crippen molar-refractivity contribution in [3.05, 3.63) is 29.3 Å². The van der Waals surface area contributed by atoms with Gasteiger partial charge in [-0.1, -0.05) is 6.92 Å². The number of Topliss-reactive ketones (excluding diaryl/α,β-unsaturated/α-hetero) is 1. The summed E-state index contributed by atoms with van der Waals surface area (Å²) in [6.07, 6.45) is 2.76. The molecule has 1 aromatic carbocycles. The van der Waals surface area contributed by atoms with E-state index in [1.54, 1.807) is 25.1 Å². The van der Waals surface area contributed by atoms with E-state index >= 15 is 0 Å². The highest BCUT2D eigenvalue weighted by Crippen LogP contribution is 2.25. The van der Waals surface area contributed by atoms with E-state index in [4.69, 9.17) is 4.74 Å². The van der Waals surface area contributed by atoms with Crippen LogP contribution in [0, 0.1) is 0 Å². The summed E-state index contributed by atoms with van der Waals surface area (Å²) < 4.78 is 5.11. The van der Waals surface area contributed by atoms with Crippen LogP contribution in [0.5, 0.6) is 5.75 Å². The van der Waals surface area contributed by atoms with E-state index in [2.05, 4.69) is 0 Å². The monoisotopic (exact) mass is 218 g/mol. The summed E-state index contributed by atoms with van der Waals surface area (Å²) in [5, 5.41) is 0. The standard InChI is InChI=1S/C13H14O3/c1-2-13(15)16-10-6-7-11-9(8-10)4-3-5-12(11)14/h6-8H,2-5H2,1H3. The maximum atomic E-state index is 11.6. The first-order valence-electron chi connectivity index (χ1n) is 5.57. The highest BCUT2D eigenvalue weighted by Gasteiger charge is 2.17. The van der Waals surface area contributed by atoms with E-state index in [1.807, 2.05) is 0 Å². The number of aryl methyl sites for hydroxylation is 1. The van der Waals surface area contributed by atoms with Gasteiger partial charge in [0.1, 0.15) is 5.75 Å². The zero-order valence-corrected chi connectivity index (χ0v) is 9.29. The molecular formula is C13H14O3. The predicted octanol–water partition coefficient (Wildman–Crippen LogP) is 2.52. The van der Waals surface area contributed by atoms with E-state index in [1.165, 1.54) is 0 Å². The topological polar surface area (TPSA) is 43.4 Å². The first-order chi connectivity index (χ1) is 7.70. The molecule has 0 amide bonds. The summed E-state index contributed by atoms with van der Waals surface area (Å²) in [5.41, 5.74) is 1.78. The van der Waals surface area contributed by atoms with Crippen LogP contribution in [0.15, 0.2) is 18.2 Å². The Morgan fingerprint density at radius 1 is 1.38 bits per heavy atom. The van der Waals surface area contributed by atoms with Gasteiger partial charge in [0.2, 0.25) is 0 Å². The molecule has 1 aliphatic rings. The van der Waals surface area contributed by atoms with Gasteiger partial charge in [-0.15, -0.1) is 0 Å². The molecule has 0 spiro atoms. The molecule has 0 N–H and O–H groups in total. The van der Waals surface area contributed by atoms with Gasteiger partial charge in [0, 0.05) is 18.4 Å². The summed E-state index contributed by atoms with van der Waals surface area (Å²) in [4.78, 5) is 22.7. The lowest BCUT2D eigenvalue weighted by molar-refractivity contribution is -0.134. The van der Waals surface area contributed by atoms with Gasteiger partial charge in [-0.3, -0.25) is 9.59 Å². The number of fused-ring (bicyclic) bond motifs is 1. The zero-order chi connectivity index (χ0) is 11.5. The third kappa shape index (κ3) is 2.13. The molecule has 1 aliphatic carbocycles. The van der Waals surface area contributed by atoms with Crippen LogP contribution in [0.4, 0.5) is 0 Å². The Bertz CT molecular complexity index is 435. The van der Waals surface area contributed by atoms with Gasteiger partial charge in [-0.05, 0) is 36.6 Å². The minimum absolute atomic E-state index is 0.189. The van der Waals surface area contributed by atoms with Crippen molar-refractivity contribution >= 4 is 11.8 Å². The van der Waals surface area contributed by atoms with Crippen LogP contribution >= 0.6 is 0 Å². The van der Waals surface area contributed by atoms with Crippen molar-refractivity contribution in [1.82, 2.24) is 0 Å². The third-order valence-electron chi connectivity index (χ3n) is 2.75. The van der Waals surface area contributed by atoms with Crippen molar-refractivity contribution in [2.75, 3.05) is 0 Å². The molecule has 0 aliphatic heterocycles. The summed E-state index contributed by atoms with van der Waals surface area (Å²) in [7, 11) is 0. The average molecular weight is 218 g/mol. The van der Waals surface area contributed by atoms with Crippen LogP contribution in [-0.4, -0.2) is 11.8 Å². The Labute approximate surface area is 94.4 Å². The number of ether oxygens (including phenoxy) is 1. The van der Waals surface area contributed by atoms with Crippen molar-refractivity contribution in [2.24, 2.45) is 0 Å². The Morgan fingerprint density at radius 2 is 2.19 bits per heavy atom. The maximum absolute atomic E-state index is 11.6. The molecule has 0 heterocycles. The van der Waals surface area contributed by atoms with Crippen molar-refractivity contribution in [1.29, 1.82) is 0 Å². The Hall–Kier alpha value is -1.64. The number of benzene rings is 1. The smallest absolute Gasteiger partial charge is 0.310 e. The van der Waals surface area contributed by atoms with Gasteiger partial charge in [-0.2, -0.15) is 0 Å². The summed E-state index contributed by atoms with van der Waals surface area (Å²) in [6, 6.07) is 5.25. The van der Waals surface area contributed by atoms with E-state index in [9.17, 15) is 9.59 Å². The van der Waals surface area contributed by atoms with Gasteiger partial charge in [0.15, 0.2) is 5.78 Å². The number of hydrogen-bond acceptors (Lipinski definition) is 3. The van der Waals surface area contributed by atoms with Crippen LogP contribution in [0.3, 0.4) is 0 Å². The number of ketones is 1. The van der Waals surface area contributed by atoms with Crippen LogP contribution in [-0.2, 0) is 11.2 Å². The van der Waals surface area contributed by atoms with E-state index in [-0.39, 0.29) is 11.8 Å². The highest BCUT2D eigenvalue weighted by atomic mass is 16.5. The van der Waals surface area contributed by atoms with Crippen LogP contribution < -0.4 is 4.74 Å². The summed E-state index contributed by atoms with van der Waals surface area (Å²) in [6.45, 7) is 1.75. The second-order valence-corrected chi connectivity index (χ2v) is 3.92. The van der Waals surface area contributed by atoms with Gasteiger partial charge in [0.05, 0.1) is 0 Å². The van der Waals surface area contributed by atoms with Crippen molar-refractivity contribution < 1.29 is 14.3 Å². The van der Waals surface area contributed by atoms with Crippen molar-refractivity contribution in [3.63, 3.8) is 0 Å². The first kappa shape index (κ1) is 10.9. The summed E-state index contributed by atoms with van der Waals surface area (Å²) in [5.74, 6) is 0.483. The molecule has 0 saturated carbocycles. The number of esters is 1. The zero-order valence-electron chi connectivity index (χ0n) is 9.29. The molecule has 0 radical (unpaired) electrons. The minimum atomic E-state index is -0.248. The molecule has 2 rings (SSSR count). The van der Waals surface area contributed by atoms with Crippen LogP contribution in [0.2, 0.25) is 0 Å².